The monoisotopic (exact) mass is 277 g/mol. The van der Waals surface area contributed by atoms with E-state index in [-0.39, 0.29) is 11.3 Å². The summed E-state index contributed by atoms with van der Waals surface area (Å²) in [5.41, 5.74) is 7.47. The molecule has 1 aromatic carbocycles. The fourth-order valence-electron chi connectivity index (χ4n) is 2.04. The van der Waals surface area contributed by atoms with Crippen molar-refractivity contribution in [2.24, 2.45) is 11.1 Å². The minimum absolute atomic E-state index is 0.0202. The van der Waals surface area contributed by atoms with Gasteiger partial charge in [0.05, 0.1) is 22.9 Å². The van der Waals surface area contributed by atoms with Crippen LogP contribution in [0.15, 0.2) is 24.3 Å². The van der Waals surface area contributed by atoms with Crippen molar-refractivity contribution in [3.05, 3.63) is 24.3 Å². The van der Waals surface area contributed by atoms with Crippen LogP contribution in [0.1, 0.15) is 20.3 Å². The van der Waals surface area contributed by atoms with E-state index in [1.54, 1.807) is 0 Å². The summed E-state index contributed by atoms with van der Waals surface area (Å²) in [6.07, 6.45) is 0.823. The average Bonchev–Trinajstić information content (AvgIpc) is 2.35. The number of nitrogens with zero attached hydrogens (tertiary/aromatic N) is 1. The number of hydrogen-bond donors (Lipinski definition) is 2. The van der Waals surface area contributed by atoms with E-state index in [0.717, 1.165) is 24.3 Å². The van der Waals surface area contributed by atoms with Crippen molar-refractivity contribution in [1.29, 1.82) is 0 Å². The maximum Gasteiger partial charge on any atom is 0.243 e. The van der Waals surface area contributed by atoms with Crippen LogP contribution in [0.5, 0.6) is 0 Å². The molecule has 1 aromatic rings. The molecule has 102 valence electrons. The van der Waals surface area contributed by atoms with Gasteiger partial charge in [-0.2, -0.15) is 0 Å². The molecule has 0 aliphatic carbocycles. The van der Waals surface area contributed by atoms with Crippen LogP contribution in [0.4, 0.5) is 11.4 Å². The molecule has 1 heterocycles. The molecule has 3 N–H and O–H groups in total. The molecule has 0 unspecified atom stereocenters. The number of nitrogens with one attached hydrogen (secondary N) is 1. The van der Waals surface area contributed by atoms with E-state index >= 15 is 0 Å². The molecule has 19 heavy (non-hydrogen) atoms. The normalized spacial score (nSPS) is 14.8. The summed E-state index contributed by atoms with van der Waals surface area (Å²) in [6.45, 7) is 5.20. The van der Waals surface area contributed by atoms with Crippen molar-refractivity contribution in [3.63, 3.8) is 0 Å². The largest absolute Gasteiger partial charge is 0.393 e. The second-order valence-electron chi connectivity index (χ2n) is 5.49. The molecule has 0 saturated carbocycles. The molecule has 1 aliphatic heterocycles. The Kier molecular flexibility index (Phi) is 3.75. The highest BCUT2D eigenvalue weighted by Crippen LogP contribution is 2.30. The fourth-order valence-corrected chi connectivity index (χ4v) is 2.14. The summed E-state index contributed by atoms with van der Waals surface area (Å²) >= 11 is 5.08. The first kappa shape index (κ1) is 13.8. The molecular weight excluding hydrogens is 258 g/mol. The molecule has 0 spiro atoms. The van der Waals surface area contributed by atoms with Crippen LogP contribution in [0.25, 0.3) is 0 Å². The summed E-state index contributed by atoms with van der Waals surface area (Å²) in [4.78, 5) is 14.3. The molecule has 0 aromatic heterocycles. The molecular formula is C14H19N3OS. The van der Waals surface area contributed by atoms with Crippen LogP contribution in [0, 0.1) is 5.41 Å². The number of carbonyl (C=O) groups is 1. The van der Waals surface area contributed by atoms with Crippen LogP contribution in [-0.2, 0) is 4.79 Å². The van der Waals surface area contributed by atoms with Gasteiger partial charge in [0.2, 0.25) is 5.91 Å². The van der Waals surface area contributed by atoms with Gasteiger partial charge in [0.25, 0.3) is 0 Å². The third kappa shape index (κ3) is 3.04. The molecule has 2 rings (SSSR count). The van der Waals surface area contributed by atoms with E-state index in [1.165, 1.54) is 0 Å². The van der Waals surface area contributed by atoms with Crippen molar-refractivity contribution in [1.82, 2.24) is 0 Å². The molecule has 5 heteroatoms. The third-order valence-corrected chi connectivity index (χ3v) is 4.08. The maximum absolute atomic E-state index is 11.7. The zero-order chi connectivity index (χ0) is 14.0. The number of fused-ring (bicyclic) bond motifs is 1. The number of benzene rings is 1. The lowest BCUT2D eigenvalue weighted by Crippen LogP contribution is -2.41. The first-order valence-electron chi connectivity index (χ1n) is 6.34. The second-order valence-corrected chi connectivity index (χ2v) is 5.92. The number of rotatable bonds is 4. The number of carbonyl (C=O) groups excluding carboxylic acids is 1. The highest BCUT2D eigenvalue weighted by Gasteiger charge is 2.26. The highest BCUT2D eigenvalue weighted by molar-refractivity contribution is 7.80. The van der Waals surface area contributed by atoms with Crippen molar-refractivity contribution < 1.29 is 4.79 Å². The summed E-state index contributed by atoms with van der Waals surface area (Å²) in [5, 5.41) is 2.88. The van der Waals surface area contributed by atoms with Gasteiger partial charge in [-0.25, -0.2) is 0 Å². The van der Waals surface area contributed by atoms with Crippen molar-refractivity contribution in [2.75, 3.05) is 23.3 Å². The molecule has 0 saturated heterocycles. The zero-order valence-corrected chi connectivity index (χ0v) is 12.1. The molecule has 0 fully saturated rings. The third-order valence-electron chi connectivity index (χ3n) is 3.53. The number of anilines is 2. The molecule has 1 aliphatic rings. The molecule has 1 amide bonds. The number of amides is 1. The van der Waals surface area contributed by atoms with Crippen LogP contribution >= 0.6 is 12.2 Å². The predicted molar refractivity (Wildman–Crippen MR) is 82.5 cm³/mol. The van der Waals surface area contributed by atoms with Crippen LogP contribution in [0.2, 0.25) is 0 Å². The summed E-state index contributed by atoms with van der Waals surface area (Å²) < 4.78 is 0. The Morgan fingerprint density at radius 3 is 2.84 bits per heavy atom. The van der Waals surface area contributed by atoms with Crippen LogP contribution < -0.4 is 16.0 Å². The van der Waals surface area contributed by atoms with E-state index in [4.69, 9.17) is 18.0 Å². The van der Waals surface area contributed by atoms with Crippen molar-refractivity contribution in [2.45, 2.75) is 20.3 Å². The van der Waals surface area contributed by atoms with E-state index in [2.05, 4.69) is 10.2 Å². The van der Waals surface area contributed by atoms with Crippen LogP contribution in [0.3, 0.4) is 0 Å². The Morgan fingerprint density at radius 2 is 2.16 bits per heavy atom. The molecule has 0 bridgehead atoms. The van der Waals surface area contributed by atoms with E-state index < -0.39 is 0 Å². The van der Waals surface area contributed by atoms with Gasteiger partial charge in [-0.05, 0) is 18.6 Å². The van der Waals surface area contributed by atoms with Gasteiger partial charge < -0.3 is 16.0 Å². The number of para-hydroxylation sites is 2. The summed E-state index contributed by atoms with van der Waals surface area (Å²) in [5.74, 6) is 0.0202. The standard InChI is InChI=1S/C14H19N3OS/c1-14(2,13(15)19)7-8-17-9-12(18)16-10-5-3-4-6-11(10)17/h3-6H,7-9H2,1-2H3,(H2,15,19)(H,16,18). The SMILES string of the molecule is CC(C)(CCN1CC(=O)Nc2ccccc21)C(N)=S. The van der Waals surface area contributed by atoms with Gasteiger partial charge in [-0.1, -0.05) is 38.2 Å². The van der Waals surface area contributed by atoms with Gasteiger partial charge >= 0.3 is 0 Å². The quantitative estimate of drug-likeness (QED) is 0.828. The van der Waals surface area contributed by atoms with Crippen molar-refractivity contribution >= 4 is 34.5 Å². The van der Waals surface area contributed by atoms with Gasteiger partial charge in [0, 0.05) is 12.0 Å². The first-order valence-corrected chi connectivity index (χ1v) is 6.75. The minimum Gasteiger partial charge on any atom is -0.393 e. The summed E-state index contributed by atoms with van der Waals surface area (Å²) in [7, 11) is 0. The smallest absolute Gasteiger partial charge is 0.243 e. The molecule has 0 radical (unpaired) electrons. The topological polar surface area (TPSA) is 58.4 Å². The Bertz CT molecular complexity index is 513. The number of nitrogens with two attached hydrogens (primary N) is 1. The van der Waals surface area contributed by atoms with E-state index in [9.17, 15) is 4.79 Å². The number of thiocarbonyl (C=S) groups is 1. The Hall–Kier alpha value is -1.62. The summed E-state index contributed by atoms with van der Waals surface area (Å²) in [6, 6.07) is 7.82. The van der Waals surface area contributed by atoms with Gasteiger partial charge in [-0.3, -0.25) is 4.79 Å². The van der Waals surface area contributed by atoms with E-state index in [0.29, 0.717) is 11.5 Å². The van der Waals surface area contributed by atoms with Gasteiger partial charge in [0.15, 0.2) is 0 Å². The minimum atomic E-state index is -0.196. The average molecular weight is 277 g/mol. The Labute approximate surface area is 119 Å². The fraction of sp³-hybridized carbons (Fsp3) is 0.429. The van der Waals surface area contributed by atoms with Crippen molar-refractivity contribution in [3.8, 4) is 0 Å². The Morgan fingerprint density at radius 1 is 1.47 bits per heavy atom. The Balaban J connectivity index is 2.13. The maximum atomic E-state index is 11.7. The zero-order valence-electron chi connectivity index (χ0n) is 11.3. The van der Waals surface area contributed by atoms with E-state index in [1.807, 2.05) is 38.1 Å². The van der Waals surface area contributed by atoms with Gasteiger partial charge in [0.1, 0.15) is 0 Å². The highest BCUT2D eigenvalue weighted by atomic mass is 32.1. The lowest BCUT2D eigenvalue weighted by molar-refractivity contribution is -0.115. The number of hydrogen-bond acceptors (Lipinski definition) is 3. The van der Waals surface area contributed by atoms with Crippen LogP contribution in [-0.4, -0.2) is 24.0 Å². The second kappa shape index (κ2) is 5.17. The molecule has 4 nitrogen and oxygen atoms in total. The van der Waals surface area contributed by atoms with Gasteiger partial charge in [-0.15, -0.1) is 0 Å². The first-order chi connectivity index (χ1) is 8.90. The lowest BCUT2D eigenvalue weighted by Gasteiger charge is -2.33. The predicted octanol–water partition coefficient (Wildman–Crippen LogP) is 2.15. The molecule has 0 atom stereocenters. The lowest BCUT2D eigenvalue weighted by atomic mass is 9.89.